The summed E-state index contributed by atoms with van der Waals surface area (Å²) in [6.45, 7) is 1.87. The molecule has 0 fully saturated rings. The molecule has 0 atom stereocenters. The van der Waals surface area contributed by atoms with Crippen molar-refractivity contribution in [1.29, 1.82) is 0 Å². The summed E-state index contributed by atoms with van der Waals surface area (Å²) in [7, 11) is -3.84. The first-order valence-electron chi connectivity index (χ1n) is 6.48. The van der Waals surface area contributed by atoms with Crippen LogP contribution in [0.3, 0.4) is 0 Å². The highest BCUT2D eigenvalue weighted by Gasteiger charge is 2.12. The zero-order valence-corrected chi connectivity index (χ0v) is 12.8. The third-order valence-electron chi connectivity index (χ3n) is 2.73. The van der Waals surface area contributed by atoms with E-state index in [0.717, 1.165) is 11.1 Å². The first-order valence-corrected chi connectivity index (χ1v) is 7.92. The van der Waals surface area contributed by atoms with Gasteiger partial charge in [0.05, 0.1) is 11.1 Å². The minimum Gasteiger partial charge on any atom is -0.368 e. The molecule has 0 aliphatic carbocycles. The molecule has 0 saturated heterocycles. The summed E-state index contributed by atoms with van der Waals surface area (Å²) in [5.41, 5.74) is 9.73. The van der Waals surface area contributed by atoms with Crippen molar-refractivity contribution in [2.24, 2.45) is 15.2 Å². The van der Waals surface area contributed by atoms with Gasteiger partial charge in [0.15, 0.2) is 0 Å². The van der Waals surface area contributed by atoms with E-state index in [1.807, 2.05) is 37.3 Å². The number of benzene rings is 2. The lowest BCUT2D eigenvalue weighted by Crippen LogP contribution is -2.28. The lowest BCUT2D eigenvalue weighted by atomic mass is 10.2. The van der Waals surface area contributed by atoms with Crippen molar-refractivity contribution in [3.8, 4) is 0 Å². The van der Waals surface area contributed by atoms with Crippen LogP contribution in [-0.2, 0) is 10.0 Å². The second-order valence-corrected chi connectivity index (χ2v) is 6.15. The van der Waals surface area contributed by atoms with Crippen LogP contribution < -0.4 is 11.2 Å². The lowest BCUT2D eigenvalue weighted by Gasteiger charge is -2.02. The minimum absolute atomic E-state index is 0.0786. The lowest BCUT2D eigenvalue weighted by molar-refractivity contribution is 0.597. The molecular formula is C15H16N4O2S. The van der Waals surface area contributed by atoms with Crippen molar-refractivity contribution < 1.29 is 8.42 Å². The van der Waals surface area contributed by atoms with Crippen molar-refractivity contribution in [2.45, 2.75) is 11.8 Å². The molecule has 0 heterocycles. The highest BCUT2D eigenvalue weighted by atomic mass is 32.2. The van der Waals surface area contributed by atoms with Crippen LogP contribution in [0.4, 0.5) is 0 Å². The molecule has 2 aromatic carbocycles. The SMILES string of the molecule is Cc1ccc(S(=O)(=O)N=C(N)NN=Cc2ccccc2)cc1. The molecule has 0 saturated carbocycles. The molecule has 0 unspecified atom stereocenters. The second kappa shape index (κ2) is 6.86. The molecule has 0 bridgehead atoms. The molecule has 7 heteroatoms. The van der Waals surface area contributed by atoms with Crippen molar-refractivity contribution >= 4 is 22.2 Å². The fraction of sp³-hybridized carbons (Fsp3) is 0.0667. The van der Waals surface area contributed by atoms with Crippen LogP contribution in [0, 0.1) is 6.92 Å². The van der Waals surface area contributed by atoms with Gasteiger partial charge in [-0.1, -0.05) is 48.0 Å². The molecule has 6 nitrogen and oxygen atoms in total. The van der Waals surface area contributed by atoms with E-state index in [1.54, 1.807) is 12.1 Å². The van der Waals surface area contributed by atoms with Crippen LogP contribution in [0.1, 0.15) is 11.1 Å². The Labute approximate surface area is 129 Å². The molecule has 0 aliphatic rings. The largest absolute Gasteiger partial charge is 0.368 e. The summed E-state index contributed by atoms with van der Waals surface area (Å²) in [5.74, 6) is -0.298. The van der Waals surface area contributed by atoms with Gasteiger partial charge in [0, 0.05) is 0 Å². The second-order valence-electron chi connectivity index (χ2n) is 4.55. The molecule has 22 heavy (non-hydrogen) atoms. The highest BCUT2D eigenvalue weighted by molar-refractivity contribution is 7.90. The normalized spacial score (nSPS) is 12.5. The van der Waals surface area contributed by atoms with Gasteiger partial charge >= 0.3 is 0 Å². The van der Waals surface area contributed by atoms with Gasteiger partial charge in [-0.15, -0.1) is 4.40 Å². The van der Waals surface area contributed by atoms with Crippen LogP contribution in [-0.4, -0.2) is 20.6 Å². The quantitative estimate of drug-likeness (QED) is 0.509. The maximum absolute atomic E-state index is 12.0. The van der Waals surface area contributed by atoms with Gasteiger partial charge < -0.3 is 5.73 Å². The van der Waals surface area contributed by atoms with Crippen molar-refractivity contribution in [2.75, 3.05) is 0 Å². The van der Waals surface area contributed by atoms with Crippen LogP contribution in [0.5, 0.6) is 0 Å². The average molecular weight is 316 g/mol. The number of hydrazone groups is 1. The van der Waals surface area contributed by atoms with Gasteiger partial charge in [-0.2, -0.15) is 13.5 Å². The zero-order chi connectivity index (χ0) is 16.0. The number of rotatable bonds is 4. The molecule has 2 aromatic rings. The topological polar surface area (TPSA) is 96.9 Å². The first-order chi connectivity index (χ1) is 10.5. The van der Waals surface area contributed by atoms with E-state index in [9.17, 15) is 8.42 Å². The molecular weight excluding hydrogens is 300 g/mol. The standard InChI is InChI=1S/C15H16N4O2S/c1-12-7-9-14(10-8-12)22(20,21)19-15(16)18-17-11-13-5-3-2-4-6-13/h2-11H,1H3,(H3,16,18,19). The molecule has 0 aromatic heterocycles. The van der Waals surface area contributed by atoms with Crippen LogP contribution in [0.15, 0.2) is 69.0 Å². The summed E-state index contributed by atoms with van der Waals surface area (Å²) in [6.07, 6.45) is 1.51. The summed E-state index contributed by atoms with van der Waals surface area (Å²) >= 11 is 0. The van der Waals surface area contributed by atoms with Crippen molar-refractivity contribution in [3.63, 3.8) is 0 Å². The van der Waals surface area contributed by atoms with Crippen molar-refractivity contribution in [3.05, 3.63) is 65.7 Å². The molecule has 0 amide bonds. The first kappa shape index (κ1) is 15.7. The Hall–Kier alpha value is -2.67. The average Bonchev–Trinajstić information content (AvgIpc) is 2.48. The summed E-state index contributed by atoms with van der Waals surface area (Å²) in [5, 5.41) is 3.84. The Morgan fingerprint density at radius 2 is 1.73 bits per heavy atom. The highest BCUT2D eigenvalue weighted by Crippen LogP contribution is 2.12. The number of hydrogen-bond acceptors (Lipinski definition) is 3. The molecule has 0 aliphatic heterocycles. The Morgan fingerprint density at radius 3 is 2.36 bits per heavy atom. The van der Waals surface area contributed by atoms with Gasteiger partial charge in [0.1, 0.15) is 0 Å². The van der Waals surface area contributed by atoms with Gasteiger partial charge in [-0.25, -0.2) is 5.43 Å². The number of nitrogens with zero attached hydrogens (tertiary/aromatic N) is 2. The van der Waals surface area contributed by atoms with Crippen LogP contribution in [0.2, 0.25) is 0 Å². The predicted octanol–water partition coefficient (Wildman–Crippen LogP) is 1.62. The van der Waals surface area contributed by atoms with Gasteiger partial charge in [0.25, 0.3) is 10.0 Å². The Morgan fingerprint density at radius 1 is 1.09 bits per heavy atom. The Bertz CT molecular complexity index is 782. The van der Waals surface area contributed by atoms with Crippen LogP contribution >= 0.6 is 0 Å². The number of nitrogens with two attached hydrogens (primary N) is 1. The van der Waals surface area contributed by atoms with Gasteiger partial charge in [0.2, 0.25) is 5.96 Å². The summed E-state index contributed by atoms with van der Waals surface area (Å²) in [6, 6.07) is 15.7. The maximum Gasteiger partial charge on any atom is 0.285 e. The van der Waals surface area contributed by atoms with Gasteiger partial charge in [-0.3, -0.25) is 0 Å². The zero-order valence-electron chi connectivity index (χ0n) is 12.0. The monoisotopic (exact) mass is 316 g/mol. The van der Waals surface area contributed by atoms with Gasteiger partial charge in [-0.05, 0) is 24.6 Å². The smallest absolute Gasteiger partial charge is 0.285 e. The minimum atomic E-state index is -3.84. The van der Waals surface area contributed by atoms with Crippen molar-refractivity contribution in [1.82, 2.24) is 5.43 Å². The number of guanidine groups is 1. The van der Waals surface area contributed by atoms with E-state index >= 15 is 0 Å². The Balaban J connectivity index is 2.08. The van der Waals surface area contributed by atoms with E-state index in [1.165, 1.54) is 18.3 Å². The summed E-state index contributed by atoms with van der Waals surface area (Å²) in [4.78, 5) is 0.0786. The molecule has 3 N–H and O–H groups in total. The van der Waals surface area contributed by atoms with Crippen LogP contribution in [0.25, 0.3) is 0 Å². The Kier molecular flexibility index (Phi) is 4.90. The van der Waals surface area contributed by atoms with E-state index in [2.05, 4.69) is 14.9 Å². The fourth-order valence-electron chi connectivity index (χ4n) is 1.62. The number of aryl methyl sites for hydroxylation is 1. The fourth-order valence-corrected chi connectivity index (χ4v) is 2.51. The third kappa shape index (κ3) is 4.42. The third-order valence-corrected chi connectivity index (χ3v) is 4.03. The van der Waals surface area contributed by atoms with E-state index in [4.69, 9.17) is 5.73 Å². The number of nitrogens with one attached hydrogen (secondary N) is 1. The number of hydrogen-bond donors (Lipinski definition) is 2. The van der Waals surface area contributed by atoms with E-state index in [0.29, 0.717) is 0 Å². The molecule has 0 radical (unpaired) electrons. The van der Waals surface area contributed by atoms with E-state index < -0.39 is 10.0 Å². The maximum atomic E-state index is 12.0. The molecule has 114 valence electrons. The molecule has 0 spiro atoms. The molecule has 2 rings (SSSR count). The van der Waals surface area contributed by atoms with E-state index in [-0.39, 0.29) is 10.9 Å². The summed E-state index contributed by atoms with van der Waals surface area (Å²) < 4.78 is 27.5. The number of sulfonamides is 1. The predicted molar refractivity (Wildman–Crippen MR) is 87.2 cm³/mol.